The van der Waals surface area contributed by atoms with E-state index in [1.807, 2.05) is 0 Å². The van der Waals surface area contributed by atoms with Crippen LogP contribution in [0.3, 0.4) is 0 Å². The van der Waals surface area contributed by atoms with E-state index < -0.39 is 0 Å². The summed E-state index contributed by atoms with van der Waals surface area (Å²) in [6, 6.07) is 0. The maximum atomic E-state index is 5.08. The number of hydrogen-bond donors (Lipinski definition) is 2. The Kier molecular flexibility index (Phi) is 19.1. The summed E-state index contributed by atoms with van der Waals surface area (Å²) < 4.78 is 10.2. The fraction of sp³-hybridized carbons (Fsp3) is 0.778. The molecule has 0 fully saturated rings. The fourth-order valence-electron chi connectivity index (χ4n) is 2.14. The second-order valence-electron chi connectivity index (χ2n) is 5.40. The molecule has 0 aromatic carbocycles. The molecule has 0 aromatic heterocycles. The highest BCUT2D eigenvalue weighted by Gasteiger charge is 1.93. The van der Waals surface area contributed by atoms with Crippen molar-refractivity contribution < 1.29 is 9.47 Å². The molecule has 0 unspecified atom stereocenters. The van der Waals surface area contributed by atoms with Gasteiger partial charge in [0.15, 0.2) is 0 Å². The minimum Gasteiger partial charge on any atom is -0.502 e. The summed E-state index contributed by atoms with van der Waals surface area (Å²) in [5.74, 6) is 0. The van der Waals surface area contributed by atoms with Gasteiger partial charge in [-0.2, -0.15) is 0 Å². The Morgan fingerprint density at radius 2 is 0.909 bits per heavy atom. The zero-order chi connectivity index (χ0) is 16.1. The molecule has 0 heterocycles. The third-order valence-electron chi connectivity index (χ3n) is 3.42. The summed E-state index contributed by atoms with van der Waals surface area (Å²) in [4.78, 5) is 0. The lowest BCUT2D eigenvalue weighted by Gasteiger charge is -2.06. The Hall–Kier alpha value is -1.00. The summed E-state index contributed by atoms with van der Waals surface area (Å²) in [7, 11) is 0. The molecule has 130 valence electrons. The van der Waals surface area contributed by atoms with Gasteiger partial charge in [-0.1, -0.05) is 26.0 Å². The Labute approximate surface area is 137 Å². The quantitative estimate of drug-likeness (QED) is 0.282. The average Bonchev–Trinajstić information content (AvgIpc) is 2.54. The van der Waals surface area contributed by atoms with Gasteiger partial charge in [0.25, 0.3) is 0 Å². The maximum absolute atomic E-state index is 5.08. The first-order chi connectivity index (χ1) is 10.9. The molecule has 0 aromatic rings. The first-order valence-electron chi connectivity index (χ1n) is 8.78. The van der Waals surface area contributed by atoms with Gasteiger partial charge in [-0.3, -0.25) is 0 Å². The smallest absolute Gasteiger partial charge is 0.0873 e. The van der Waals surface area contributed by atoms with Crippen LogP contribution in [-0.4, -0.2) is 39.4 Å². The molecular weight excluding hydrogens is 276 g/mol. The van der Waals surface area contributed by atoms with Crippen molar-refractivity contribution in [1.82, 2.24) is 10.6 Å². The summed E-state index contributed by atoms with van der Waals surface area (Å²) in [5.41, 5.74) is 0. The standard InChI is InChI=1S/C18H36N2O2/c1-3-21-17-11-9-15-19-13-7-5-6-8-14-20-16-10-12-18-22-4-2/h3-4,19-20H,1-2,5-18H2. The summed E-state index contributed by atoms with van der Waals surface area (Å²) in [6.45, 7) is 13.1. The summed E-state index contributed by atoms with van der Waals surface area (Å²) >= 11 is 0. The molecule has 0 bridgehead atoms. The van der Waals surface area contributed by atoms with Gasteiger partial charge in [-0.25, -0.2) is 0 Å². The Morgan fingerprint density at radius 1 is 0.545 bits per heavy atom. The molecule has 0 saturated heterocycles. The molecule has 0 saturated carbocycles. The van der Waals surface area contributed by atoms with E-state index in [1.165, 1.54) is 51.0 Å². The van der Waals surface area contributed by atoms with Gasteiger partial charge < -0.3 is 20.1 Å². The van der Waals surface area contributed by atoms with E-state index in [4.69, 9.17) is 9.47 Å². The van der Waals surface area contributed by atoms with Gasteiger partial charge in [0.2, 0.25) is 0 Å². The molecule has 0 atom stereocenters. The summed E-state index contributed by atoms with van der Waals surface area (Å²) in [6.07, 6.45) is 12.8. The normalized spacial score (nSPS) is 10.4. The van der Waals surface area contributed by atoms with Crippen molar-refractivity contribution in [3.05, 3.63) is 25.7 Å². The van der Waals surface area contributed by atoms with Crippen molar-refractivity contribution in [2.24, 2.45) is 0 Å². The van der Waals surface area contributed by atoms with E-state index in [9.17, 15) is 0 Å². The predicted molar refractivity (Wildman–Crippen MR) is 95.0 cm³/mol. The van der Waals surface area contributed by atoms with E-state index in [2.05, 4.69) is 23.8 Å². The molecule has 0 aliphatic heterocycles. The molecule has 0 aliphatic rings. The second kappa shape index (κ2) is 20.0. The van der Waals surface area contributed by atoms with E-state index in [-0.39, 0.29) is 0 Å². The van der Waals surface area contributed by atoms with Crippen LogP contribution in [0, 0.1) is 0 Å². The van der Waals surface area contributed by atoms with Crippen LogP contribution in [0.5, 0.6) is 0 Å². The Bertz CT molecular complexity index is 211. The molecule has 0 amide bonds. The minimum atomic E-state index is 0.791. The molecule has 0 radical (unpaired) electrons. The topological polar surface area (TPSA) is 42.5 Å². The van der Waals surface area contributed by atoms with Crippen LogP contribution < -0.4 is 10.6 Å². The second-order valence-corrected chi connectivity index (χ2v) is 5.40. The largest absolute Gasteiger partial charge is 0.502 e. The molecular formula is C18H36N2O2. The van der Waals surface area contributed by atoms with Crippen LogP contribution in [0.2, 0.25) is 0 Å². The lowest BCUT2D eigenvalue weighted by atomic mass is 10.2. The van der Waals surface area contributed by atoms with Crippen LogP contribution in [0.15, 0.2) is 25.7 Å². The van der Waals surface area contributed by atoms with Crippen LogP contribution in [0.4, 0.5) is 0 Å². The number of hydrogen-bond acceptors (Lipinski definition) is 4. The zero-order valence-corrected chi connectivity index (χ0v) is 14.3. The third kappa shape index (κ3) is 19.0. The first-order valence-corrected chi connectivity index (χ1v) is 8.78. The van der Waals surface area contributed by atoms with Crippen molar-refractivity contribution in [3.63, 3.8) is 0 Å². The zero-order valence-electron chi connectivity index (χ0n) is 14.3. The maximum Gasteiger partial charge on any atom is 0.0873 e. The highest BCUT2D eigenvalue weighted by molar-refractivity contribution is 4.54. The predicted octanol–water partition coefficient (Wildman–Crippen LogP) is 3.61. The van der Waals surface area contributed by atoms with Gasteiger partial charge in [0, 0.05) is 0 Å². The van der Waals surface area contributed by atoms with Crippen LogP contribution >= 0.6 is 0 Å². The minimum absolute atomic E-state index is 0.791. The molecule has 22 heavy (non-hydrogen) atoms. The summed E-state index contributed by atoms with van der Waals surface area (Å²) in [5, 5.41) is 6.96. The van der Waals surface area contributed by atoms with Gasteiger partial charge in [-0.05, 0) is 64.7 Å². The Morgan fingerprint density at radius 3 is 1.27 bits per heavy atom. The van der Waals surface area contributed by atoms with Crippen molar-refractivity contribution in [1.29, 1.82) is 0 Å². The van der Waals surface area contributed by atoms with Crippen molar-refractivity contribution in [3.8, 4) is 0 Å². The number of unbranched alkanes of at least 4 members (excludes halogenated alkanes) is 5. The molecule has 0 rings (SSSR count). The third-order valence-corrected chi connectivity index (χ3v) is 3.42. The van der Waals surface area contributed by atoms with Gasteiger partial charge in [0.1, 0.15) is 0 Å². The van der Waals surface area contributed by atoms with Gasteiger partial charge in [0.05, 0.1) is 25.7 Å². The van der Waals surface area contributed by atoms with Crippen molar-refractivity contribution in [2.75, 3.05) is 39.4 Å². The SMILES string of the molecule is C=COCCCCNCCCCCCNCCCCOC=C. The van der Waals surface area contributed by atoms with E-state index >= 15 is 0 Å². The van der Waals surface area contributed by atoms with Crippen molar-refractivity contribution in [2.45, 2.75) is 51.4 Å². The molecule has 4 nitrogen and oxygen atoms in total. The lowest BCUT2D eigenvalue weighted by molar-refractivity contribution is 0.242. The fourth-order valence-corrected chi connectivity index (χ4v) is 2.14. The number of rotatable bonds is 19. The van der Waals surface area contributed by atoms with E-state index in [1.54, 1.807) is 0 Å². The molecule has 0 spiro atoms. The van der Waals surface area contributed by atoms with Gasteiger partial charge >= 0.3 is 0 Å². The number of nitrogens with one attached hydrogen (secondary N) is 2. The number of ether oxygens (including phenoxy) is 2. The molecule has 4 heteroatoms. The van der Waals surface area contributed by atoms with Crippen LogP contribution in [0.25, 0.3) is 0 Å². The van der Waals surface area contributed by atoms with Gasteiger partial charge in [-0.15, -0.1) is 0 Å². The molecule has 0 aliphatic carbocycles. The monoisotopic (exact) mass is 312 g/mol. The Balaban J connectivity index is 2.94. The average molecular weight is 312 g/mol. The first kappa shape index (κ1) is 21.0. The lowest BCUT2D eigenvalue weighted by Crippen LogP contribution is -2.18. The van der Waals surface area contributed by atoms with E-state index in [0.717, 1.165) is 52.2 Å². The van der Waals surface area contributed by atoms with Crippen LogP contribution in [-0.2, 0) is 9.47 Å². The van der Waals surface area contributed by atoms with E-state index in [0.29, 0.717) is 0 Å². The highest BCUT2D eigenvalue weighted by atomic mass is 16.5. The molecule has 2 N–H and O–H groups in total. The van der Waals surface area contributed by atoms with Crippen LogP contribution in [0.1, 0.15) is 51.4 Å². The highest BCUT2D eigenvalue weighted by Crippen LogP contribution is 1.98. The van der Waals surface area contributed by atoms with Crippen molar-refractivity contribution >= 4 is 0 Å².